The van der Waals surface area contributed by atoms with Gasteiger partial charge in [-0.15, -0.1) is 11.6 Å². The number of alkyl halides is 1. The van der Waals surface area contributed by atoms with E-state index in [0.29, 0.717) is 12.1 Å². The van der Waals surface area contributed by atoms with Crippen LogP contribution in [0, 0.1) is 27.7 Å². The molecule has 0 saturated carbocycles. The van der Waals surface area contributed by atoms with E-state index in [1.165, 1.54) is 0 Å². The Morgan fingerprint density at radius 2 is 2.05 bits per heavy atom. The van der Waals surface area contributed by atoms with Crippen LogP contribution >= 0.6 is 11.6 Å². The van der Waals surface area contributed by atoms with Crippen molar-refractivity contribution in [1.82, 2.24) is 5.32 Å². The van der Waals surface area contributed by atoms with Gasteiger partial charge in [0.15, 0.2) is 0 Å². The highest BCUT2D eigenvalue weighted by atomic mass is 35.5. The van der Waals surface area contributed by atoms with Crippen molar-refractivity contribution < 1.29 is 18.5 Å². The van der Waals surface area contributed by atoms with Crippen LogP contribution in [0.2, 0.25) is 0 Å². The quantitative estimate of drug-likeness (QED) is 0.516. The number of nitro benzene ring substituents is 1. The number of nitrogens with zero attached hydrogens (tertiary/aromatic N) is 1. The Balaban J connectivity index is 2.98. The molecule has 5 nitrogen and oxygen atoms in total. The van der Waals surface area contributed by atoms with E-state index in [9.17, 15) is 23.7 Å². The van der Waals surface area contributed by atoms with Crippen molar-refractivity contribution in [2.45, 2.75) is 19.2 Å². The van der Waals surface area contributed by atoms with Gasteiger partial charge < -0.3 is 5.32 Å². The Kier molecular flexibility index (Phi) is 5.38. The molecule has 1 aromatic rings. The van der Waals surface area contributed by atoms with Crippen LogP contribution in [0.25, 0.3) is 0 Å². The fourth-order valence-electron chi connectivity index (χ4n) is 1.40. The number of hydrogen-bond donors (Lipinski definition) is 1. The number of carbonyl (C=O) groups excluding carboxylic acids is 1. The van der Waals surface area contributed by atoms with Crippen LogP contribution < -0.4 is 5.32 Å². The van der Waals surface area contributed by atoms with Crippen LogP contribution in [-0.2, 0) is 0 Å². The summed E-state index contributed by atoms with van der Waals surface area (Å²) in [6.45, 7) is 3.64. The van der Waals surface area contributed by atoms with E-state index in [-0.39, 0.29) is 12.5 Å². The first-order chi connectivity index (χ1) is 9.25. The highest BCUT2D eigenvalue weighted by Gasteiger charge is 2.26. The van der Waals surface area contributed by atoms with E-state index < -0.39 is 39.1 Å². The van der Waals surface area contributed by atoms with Crippen LogP contribution in [0.15, 0.2) is 12.1 Å². The molecule has 0 bridgehead atoms. The first-order valence-corrected chi connectivity index (χ1v) is 6.24. The fourth-order valence-corrected chi connectivity index (χ4v) is 1.48. The predicted molar refractivity (Wildman–Crippen MR) is 69.8 cm³/mol. The Morgan fingerprint density at radius 3 is 2.55 bits per heavy atom. The number of amides is 1. The SMILES string of the molecule is CC(C)C(Cl)CNC(=O)c1c(F)ccc([N+](=O)[O-])c1F. The van der Waals surface area contributed by atoms with Crippen molar-refractivity contribution in [1.29, 1.82) is 0 Å². The smallest absolute Gasteiger partial charge is 0.305 e. The van der Waals surface area contributed by atoms with Gasteiger partial charge in [0.05, 0.1) is 10.3 Å². The Labute approximate surface area is 119 Å². The number of nitrogens with one attached hydrogen (secondary N) is 1. The zero-order valence-corrected chi connectivity index (χ0v) is 11.6. The Hall–Kier alpha value is -1.76. The van der Waals surface area contributed by atoms with E-state index in [1.807, 2.05) is 13.8 Å². The van der Waals surface area contributed by atoms with E-state index in [1.54, 1.807) is 0 Å². The molecule has 0 fully saturated rings. The van der Waals surface area contributed by atoms with Crippen molar-refractivity contribution in [2.75, 3.05) is 6.54 Å². The van der Waals surface area contributed by atoms with Crippen molar-refractivity contribution >= 4 is 23.2 Å². The highest BCUT2D eigenvalue weighted by molar-refractivity contribution is 6.21. The molecule has 0 heterocycles. The van der Waals surface area contributed by atoms with Crippen LogP contribution in [-0.4, -0.2) is 22.8 Å². The number of hydrogen-bond acceptors (Lipinski definition) is 3. The number of halogens is 3. The second-order valence-corrected chi connectivity index (χ2v) is 5.04. The molecule has 1 N–H and O–H groups in total. The van der Waals surface area contributed by atoms with Crippen molar-refractivity contribution in [3.05, 3.63) is 39.4 Å². The van der Waals surface area contributed by atoms with Crippen LogP contribution in [0.3, 0.4) is 0 Å². The van der Waals surface area contributed by atoms with Crippen LogP contribution in [0.5, 0.6) is 0 Å². The first kappa shape index (κ1) is 16.3. The first-order valence-electron chi connectivity index (χ1n) is 5.80. The molecule has 1 atom stereocenters. The van der Waals surface area contributed by atoms with Gasteiger partial charge in [0.2, 0.25) is 5.82 Å². The summed E-state index contributed by atoms with van der Waals surface area (Å²) < 4.78 is 27.2. The molecule has 0 spiro atoms. The zero-order chi connectivity index (χ0) is 15.4. The molecule has 1 rings (SSSR count). The average molecular weight is 307 g/mol. The Bertz CT molecular complexity index is 538. The second kappa shape index (κ2) is 6.60. The third-order valence-corrected chi connectivity index (χ3v) is 3.33. The summed E-state index contributed by atoms with van der Waals surface area (Å²) in [6, 6.07) is 1.34. The molecule has 0 saturated heterocycles. The zero-order valence-electron chi connectivity index (χ0n) is 10.8. The lowest BCUT2D eigenvalue weighted by atomic mass is 10.1. The molecular weight excluding hydrogens is 294 g/mol. The molecule has 0 aliphatic rings. The second-order valence-electron chi connectivity index (χ2n) is 4.48. The van der Waals surface area contributed by atoms with Crippen molar-refractivity contribution in [2.24, 2.45) is 5.92 Å². The minimum absolute atomic E-state index is 0.000370. The molecule has 8 heteroatoms. The van der Waals surface area contributed by atoms with Gasteiger partial charge in [-0.2, -0.15) is 4.39 Å². The third kappa shape index (κ3) is 3.63. The minimum atomic E-state index is -1.50. The van der Waals surface area contributed by atoms with E-state index in [4.69, 9.17) is 11.6 Å². The summed E-state index contributed by atoms with van der Waals surface area (Å²) in [5.41, 5.74) is -1.94. The molecule has 0 aromatic heterocycles. The molecule has 1 amide bonds. The largest absolute Gasteiger partial charge is 0.350 e. The van der Waals surface area contributed by atoms with Gasteiger partial charge in [0.1, 0.15) is 11.4 Å². The van der Waals surface area contributed by atoms with Gasteiger partial charge in [-0.3, -0.25) is 14.9 Å². The molecule has 0 aliphatic carbocycles. The Morgan fingerprint density at radius 1 is 1.45 bits per heavy atom. The molecule has 1 aromatic carbocycles. The highest BCUT2D eigenvalue weighted by Crippen LogP contribution is 2.23. The van der Waals surface area contributed by atoms with Crippen molar-refractivity contribution in [3.8, 4) is 0 Å². The molecule has 110 valence electrons. The van der Waals surface area contributed by atoms with E-state index in [0.717, 1.165) is 0 Å². The van der Waals surface area contributed by atoms with Crippen LogP contribution in [0.4, 0.5) is 14.5 Å². The van der Waals surface area contributed by atoms with Gasteiger partial charge in [-0.25, -0.2) is 4.39 Å². The molecule has 0 aliphatic heterocycles. The van der Waals surface area contributed by atoms with E-state index in [2.05, 4.69) is 5.32 Å². The maximum Gasteiger partial charge on any atom is 0.305 e. The number of nitro groups is 1. The monoisotopic (exact) mass is 306 g/mol. The molecule has 20 heavy (non-hydrogen) atoms. The van der Waals surface area contributed by atoms with E-state index >= 15 is 0 Å². The lowest BCUT2D eigenvalue weighted by Gasteiger charge is -2.14. The maximum atomic E-state index is 13.7. The van der Waals surface area contributed by atoms with Gasteiger partial charge in [0, 0.05) is 12.6 Å². The van der Waals surface area contributed by atoms with Gasteiger partial charge in [-0.05, 0) is 12.0 Å². The summed E-state index contributed by atoms with van der Waals surface area (Å²) >= 11 is 5.90. The summed E-state index contributed by atoms with van der Waals surface area (Å²) in [5, 5.41) is 12.4. The number of rotatable bonds is 5. The van der Waals surface area contributed by atoms with Crippen molar-refractivity contribution in [3.63, 3.8) is 0 Å². The van der Waals surface area contributed by atoms with Gasteiger partial charge in [-0.1, -0.05) is 13.8 Å². The fraction of sp³-hybridized carbons (Fsp3) is 0.417. The molecule has 0 radical (unpaired) electrons. The topological polar surface area (TPSA) is 72.2 Å². The summed E-state index contributed by atoms with van der Waals surface area (Å²) in [6.07, 6.45) is 0. The molecule has 1 unspecified atom stereocenters. The molecular formula is C12H13ClF2N2O3. The normalized spacial score (nSPS) is 12.3. The summed E-state index contributed by atoms with van der Waals surface area (Å²) in [4.78, 5) is 21.2. The number of carbonyl (C=O) groups is 1. The van der Waals surface area contributed by atoms with Crippen LogP contribution in [0.1, 0.15) is 24.2 Å². The maximum absolute atomic E-state index is 13.7. The summed E-state index contributed by atoms with van der Waals surface area (Å²) in [7, 11) is 0. The summed E-state index contributed by atoms with van der Waals surface area (Å²) in [5.74, 6) is -3.68. The lowest BCUT2D eigenvalue weighted by Crippen LogP contribution is -2.33. The average Bonchev–Trinajstić information content (AvgIpc) is 2.35. The lowest BCUT2D eigenvalue weighted by molar-refractivity contribution is -0.387. The van der Waals surface area contributed by atoms with Gasteiger partial charge in [0.25, 0.3) is 5.91 Å². The standard InChI is InChI=1S/C12H13ClF2N2O3/c1-6(2)7(13)5-16-12(18)10-8(14)3-4-9(11(10)15)17(19)20/h3-4,6-7H,5H2,1-2H3,(H,16,18). The minimum Gasteiger partial charge on any atom is -0.350 e. The third-order valence-electron chi connectivity index (χ3n) is 2.68. The predicted octanol–water partition coefficient (Wildman–Crippen LogP) is 2.87. The van der Waals surface area contributed by atoms with Gasteiger partial charge >= 0.3 is 5.69 Å². The number of benzene rings is 1.